The van der Waals surface area contributed by atoms with E-state index in [0.717, 1.165) is 0 Å². The molecule has 1 unspecified atom stereocenters. The van der Waals surface area contributed by atoms with Crippen molar-refractivity contribution >= 4 is 34.8 Å². The number of amides is 2. The molecule has 4 rings (SSSR count). The summed E-state index contributed by atoms with van der Waals surface area (Å²) in [4.78, 5) is 24.7. The number of fused-ring (bicyclic) bond motifs is 1. The molecule has 0 radical (unpaired) electrons. The van der Waals surface area contributed by atoms with Gasteiger partial charge in [-0.3, -0.25) is 9.59 Å². The Bertz CT molecular complexity index is 1120. The predicted molar refractivity (Wildman–Crippen MR) is 105 cm³/mol. The summed E-state index contributed by atoms with van der Waals surface area (Å²) in [5, 5.41) is 9.34. The lowest BCUT2D eigenvalue weighted by Gasteiger charge is -2.23. The minimum absolute atomic E-state index is 0.00604. The van der Waals surface area contributed by atoms with E-state index in [1.165, 1.54) is 18.2 Å². The van der Waals surface area contributed by atoms with Gasteiger partial charge in [-0.1, -0.05) is 22.8 Å². The van der Waals surface area contributed by atoms with Gasteiger partial charge >= 0.3 is 0 Å². The van der Waals surface area contributed by atoms with E-state index in [-0.39, 0.29) is 33.5 Å². The SMILES string of the molecule is Cc1onc(-c2c(F)cccc2Cl)c1C(=O)Nc1ccc2c(c1)NC(=O)C(C)O2. The molecular weight excluding hydrogens is 401 g/mol. The fourth-order valence-corrected chi connectivity index (χ4v) is 3.27. The number of ether oxygens (including phenoxy) is 1. The number of aromatic nitrogens is 1. The average Bonchev–Trinajstić information content (AvgIpc) is 3.04. The van der Waals surface area contributed by atoms with Crippen molar-refractivity contribution in [2.45, 2.75) is 20.0 Å². The molecule has 29 heavy (non-hydrogen) atoms. The van der Waals surface area contributed by atoms with Crippen molar-refractivity contribution in [2.24, 2.45) is 0 Å². The third kappa shape index (κ3) is 3.42. The van der Waals surface area contributed by atoms with Crippen LogP contribution in [-0.4, -0.2) is 23.1 Å². The Kier molecular flexibility index (Phi) is 4.71. The molecule has 1 atom stereocenters. The predicted octanol–water partition coefficient (Wildman–Crippen LogP) is 4.41. The monoisotopic (exact) mass is 415 g/mol. The molecule has 2 N–H and O–H groups in total. The number of aryl methyl sites for hydroxylation is 1. The zero-order chi connectivity index (χ0) is 20.7. The first-order chi connectivity index (χ1) is 13.8. The Labute approximate surface area is 169 Å². The molecule has 2 aromatic carbocycles. The zero-order valence-electron chi connectivity index (χ0n) is 15.4. The van der Waals surface area contributed by atoms with E-state index in [1.807, 2.05) is 0 Å². The summed E-state index contributed by atoms with van der Waals surface area (Å²) < 4.78 is 24.9. The average molecular weight is 416 g/mol. The van der Waals surface area contributed by atoms with E-state index in [2.05, 4.69) is 15.8 Å². The maximum Gasteiger partial charge on any atom is 0.265 e. The maximum atomic E-state index is 14.3. The molecule has 0 spiro atoms. The van der Waals surface area contributed by atoms with Gasteiger partial charge in [-0.15, -0.1) is 0 Å². The Morgan fingerprint density at radius 1 is 1.31 bits per heavy atom. The number of hydrogen-bond donors (Lipinski definition) is 2. The molecule has 0 saturated heterocycles. The molecule has 3 aromatic rings. The second-order valence-electron chi connectivity index (χ2n) is 6.47. The van der Waals surface area contributed by atoms with Crippen LogP contribution >= 0.6 is 11.6 Å². The van der Waals surface area contributed by atoms with Gasteiger partial charge in [-0.25, -0.2) is 4.39 Å². The fraction of sp³-hybridized carbons (Fsp3) is 0.150. The molecule has 2 heterocycles. The highest BCUT2D eigenvalue weighted by molar-refractivity contribution is 6.33. The van der Waals surface area contributed by atoms with Crippen LogP contribution in [0, 0.1) is 12.7 Å². The summed E-state index contributed by atoms with van der Waals surface area (Å²) >= 11 is 6.11. The Morgan fingerprint density at radius 3 is 2.86 bits per heavy atom. The topological polar surface area (TPSA) is 93.5 Å². The highest BCUT2D eigenvalue weighted by atomic mass is 35.5. The molecule has 9 heteroatoms. The largest absolute Gasteiger partial charge is 0.479 e. The standard InChI is InChI=1S/C20H15ClFN3O4/c1-9-16(18(25-29-9)17-12(21)4-3-5-13(17)22)20(27)23-11-6-7-15-14(8-11)24-19(26)10(2)28-15/h3-8,10H,1-2H3,(H,23,27)(H,24,26). The van der Waals surface area contributed by atoms with Crippen LogP contribution < -0.4 is 15.4 Å². The van der Waals surface area contributed by atoms with Crippen molar-refractivity contribution in [3.63, 3.8) is 0 Å². The molecule has 0 aliphatic carbocycles. The molecule has 1 aliphatic heterocycles. The number of carbonyl (C=O) groups excluding carboxylic acids is 2. The lowest BCUT2D eigenvalue weighted by Crippen LogP contribution is -2.34. The van der Waals surface area contributed by atoms with E-state index < -0.39 is 17.8 Å². The fourth-order valence-electron chi connectivity index (χ4n) is 3.01. The van der Waals surface area contributed by atoms with E-state index in [4.69, 9.17) is 20.9 Å². The zero-order valence-corrected chi connectivity index (χ0v) is 16.1. The van der Waals surface area contributed by atoms with E-state index in [1.54, 1.807) is 32.0 Å². The van der Waals surface area contributed by atoms with Crippen LogP contribution in [0.15, 0.2) is 40.9 Å². The van der Waals surface area contributed by atoms with E-state index >= 15 is 0 Å². The highest BCUT2D eigenvalue weighted by Gasteiger charge is 2.27. The normalized spacial score (nSPS) is 15.3. The van der Waals surface area contributed by atoms with Gasteiger partial charge in [0.05, 0.1) is 16.3 Å². The molecule has 148 valence electrons. The van der Waals surface area contributed by atoms with Crippen LogP contribution in [0.1, 0.15) is 23.0 Å². The maximum absolute atomic E-state index is 14.3. The second-order valence-corrected chi connectivity index (χ2v) is 6.88. The Hall–Kier alpha value is -3.39. The van der Waals surface area contributed by atoms with Crippen molar-refractivity contribution in [3.05, 3.63) is 58.6 Å². The van der Waals surface area contributed by atoms with Crippen LogP contribution in [0.25, 0.3) is 11.3 Å². The Balaban J connectivity index is 1.66. The molecule has 1 aromatic heterocycles. The summed E-state index contributed by atoms with van der Waals surface area (Å²) in [5.74, 6) is -0.764. The van der Waals surface area contributed by atoms with Gasteiger partial charge in [0.1, 0.15) is 28.6 Å². The first-order valence-corrected chi connectivity index (χ1v) is 9.06. The Morgan fingerprint density at radius 2 is 2.10 bits per heavy atom. The van der Waals surface area contributed by atoms with Crippen LogP contribution in [0.2, 0.25) is 5.02 Å². The van der Waals surface area contributed by atoms with Crippen LogP contribution in [0.5, 0.6) is 5.75 Å². The van der Waals surface area contributed by atoms with Crippen molar-refractivity contribution in [1.29, 1.82) is 0 Å². The second kappa shape index (κ2) is 7.21. The first-order valence-electron chi connectivity index (χ1n) is 8.68. The van der Waals surface area contributed by atoms with E-state index in [9.17, 15) is 14.0 Å². The number of rotatable bonds is 3. The lowest BCUT2D eigenvalue weighted by atomic mass is 10.0. The van der Waals surface area contributed by atoms with Crippen molar-refractivity contribution in [2.75, 3.05) is 10.6 Å². The number of anilines is 2. The third-order valence-corrected chi connectivity index (χ3v) is 4.77. The smallest absolute Gasteiger partial charge is 0.265 e. The number of nitrogens with one attached hydrogen (secondary N) is 2. The summed E-state index contributed by atoms with van der Waals surface area (Å²) in [6, 6.07) is 9.00. The minimum Gasteiger partial charge on any atom is -0.479 e. The molecule has 0 bridgehead atoms. The summed E-state index contributed by atoms with van der Waals surface area (Å²) in [7, 11) is 0. The van der Waals surface area contributed by atoms with Crippen molar-refractivity contribution in [1.82, 2.24) is 5.16 Å². The molecule has 7 nitrogen and oxygen atoms in total. The van der Waals surface area contributed by atoms with Crippen molar-refractivity contribution in [3.8, 4) is 17.0 Å². The van der Waals surface area contributed by atoms with Gasteiger partial charge < -0.3 is 19.9 Å². The van der Waals surface area contributed by atoms with Gasteiger partial charge in [-0.2, -0.15) is 0 Å². The molecule has 0 fully saturated rings. The number of hydrogen-bond acceptors (Lipinski definition) is 5. The van der Waals surface area contributed by atoms with Gasteiger partial charge in [0.2, 0.25) is 0 Å². The molecule has 1 aliphatic rings. The van der Waals surface area contributed by atoms with Gasteiger partial charge in [-0.05, 0) is 44.2 Å². The van der Waals surface area contributed by atoms with Gasteiger partial charge in [0, 0.05) is 5.69 Å². The van der Waals surface area contributed by atoms with Crippen molar-refractivity contribution < 1.29 is 23.2 Å². The quantitative estimate of drug-likeness (QED) is 0.660. The number of nitrogens with zero attached hydrogens (tertiary/aromatic N) is 1. The summed E-state index contributed by atoms with van der Waals surface area (Å²) in [6.07, 6.45) is -0.601. The first kappa shape index (κ1) is 18.9. The number of carbonyl (C=O) groups is 2. The number of benzene rings is 2. The van der Waals surface area contributed by atoms with Gasteiger partial charge in [0.15, 0.2) is 6.10 Å². The van der Waals surface area contributed by atoms with Gasteiger partial charge in [0.25, 0.3) is 11.8 Å². The molecule has 2 amide bonds. The number of halogens is 2. The summed E-state index contributed by atoms with van der Waals surface area (Å²) in [6.45, 7) is 3.18. The van der Waals surface area contributed by atoms with Crippen LogP contribution in [0.3, 0.4) is 0 Å². The summed E-state index contributed by atoms with van der Waals surface area (Å²) in [5.41, 5.74) is 0.884. The van der Waals surface area contributed by atoms with Crippen LogP contribution in [-0.2, 0) is 4.79 Å². The van der Waals surface area contributed by atoms with E-state index in [0.29, 0.717) is 17.1 Å². The third-order valence-electron chi connectivity index (χ3n) is 4.46. The lowest BCUT2D eigenvalue weighted by molar-refractivity contribution is -0.122. The minimum atomic E-state index is -0.623. The molecular formula is C20H15ClFN3O4. The molecule has 0 saturated carbocycles. The highest BCUT2D eigenvalue weighted by Crippen LogP contribution is 2.35. The van der Waals surface area contributed by atoms with Crippen LogP contribution in [0.4, 0.5) is 15.8 Å².